The molecule has 0 bridgehead atoms. The van der Waals surface area contributed by atoms with Crippen LogP contribution in [0.4, 0.5) is 0 Å². The predicted molar refractivity (Wildman–Crippen MR) is 59.0 cm³/mol. The van der Waals surface area contributed by atoms with Crippen molar-refractivity contribution < 1.29 is 14.3 Å². The number of aromatic carboxylic acids is 1. The summed E-state index contributed by atoms with van der Waals surface area (Å²) in [7, 11) is 0. The maximum atomic E-state index is 10.6. The van der Waals surface area contributed by atoms with Gasteiger partial charge in [0.15, 0.2) is 5.69 Å². The van der Waals surface area contributed by atoms with Crippen LogP contribution in [0.1, 0.15) is 10.5 Å². The fourth-order valence-electron chi connectivity index (χ4n) is 1.01. The number of aromatic nitrogens is 1. The minimum atomic E-state index is -1.10. The minimum Gasteiger partial charge on any atom is -0.476 e. The first-order chi connectivity index (χ1) is 7.65. The number of carbonyl (C=O) groups is 1. The number of rotatable bonds is 3. The van der Waals surface area contributed by atoms with Crippen molar-refractivity contribution in [3.63, 3.8) is 0 Å². The molecule has 82 valence electrons. The first kappa shape index (κ1) is 11.0. The third-order valence-corrected chi connectivity index (χ3v) is 2.84. The summed E-state index contributed by atoms with van der Waals surface area (Å²) in [5.74, 6) is -1.10. The lowest BCUT2D eigenvalue weighted by Crippen LogP contribution is -1.95. The van der Waals surface area contributed by atoms with Gasteiger partial charge in [-0.1, -0.05) is 11.6 Å². The molecule has 1 aromatic carbocycles. The molecule has 2 aromatic rings. The van der Waals surface area contributed by atoms with Crippen LogP contribution < -0.4 is 0 Å². The van der Waals surface area contributed by atoms with Crippen molar-refractivity contribution in [3.8, 4) is 0 Å². The van der Waals surface area contributed by atoms with Gasteiger partial charge in [-0.2, -0.15) is 4.98 Å². The molecule has 0 amide bonds. The van der Waals surface area contributed by atoms with Gasteiger partial charge in [-0.3, -0.25) is 0 Å². The molecule has 0 spiro atoms. The number of nitrogens with zero attached hydrogens (tertiary/aromatic N) is 1. The van der Waals surface area contributed by atoms with Gasteiger partial charge >= 0.3 is 5.97 Å². The summed E-state index contributed by atoms with van der Waals surface area (Å²) in [6.45, 7) is 0. The summed E-state index contributed by atoms with van der Waals surface area (Å²) in [5, 5.41) is 9.58. The number of oxazole rings is 1. The molecule has 0 unspecified atom stereocenters. The summed E-state index contributed by atoms with van der Waals surface area (Å²) in [6.07, 6.45) is 1.11. The van der Waals surface area contributed by atoms with Crippen molar-refractivity contribution in [2.75, 3.05) is 0 Å². The zero-order valence-corrected chi connectivity index (χ0v) is 9.46. The second-order valence-corrected chi connectivity index (χ2v) is 4.32. The van der Waals surface area contributed by atoms with Gasteiger partial charge in [-0.25, -0.2) is 4.79 Å². The fraction of sp³-hybridized carbons (Fsp3) is 0. The van der Waals surface area contributed by atoms with E-state index in [0.717, 1.165) is 11.2 Å². The van der Waals surface area contributed by atoms with Crippen LogP contribution in [0, 0.1) is 0 Å². The Labute approximate surface area is 100 Å². The van der Waals surface area contributed by atoms with E-state index in [2.05, 4.69) is 4.98 Å². The predicted octanol–water partition coefficient (Wildman–Crippen LogP) is 3.18. The molecule has 16 heavy (non-hydrogen) atoms. The van der Waals surface area contributed by atoms with E-state index >= 15 is 0 Å². The van der Waals surface area contributed by atoms with E-state index in [0.29, 0.717) is 10.2 Å². The van der Waals surface area contributed by atoms with Crippen molar-refractivity contribution in [1.29, 1.82) is 0 Å². The van der Waals surface area contributed by atoms with Gasteiger partial charge in [-0.15, -0.1) is 0 Å². The summed E-state index contributed by atoms with van der Waals surface area (Å²) in [6, 6.07) is 7.09. The lowest BCUT2D eigenvalue weighted by Gasteiger charge is -1.95. The van der Waals surface area contributed by atoms with Crippen LogP contribution in [0.3, 0.4) is 0 Å². The van der Waals surface area contributed by atoms with Crippen LogP contribution >= 0.6 is 23.4 Å². The van der Waals surface area contributed by atoms with Gasteiger partial charge in [0.2, 0.25) is 0 Å². The second-order valence-electron chi connectivity index (χ2n) is 2.86. The molecule has 0 radical (unpaired) electrons. The quantitative estimate of drug-likeness (QED) is 0.913. The van der Waals surface area contributed by atoms with Crippen LogP contribution in [-0.2, 0) is 0 Å². The van der Waals surface area contributed by atoms with Gasteiger partial charge in [0.1, 0.15) is 6.26 Å². The smallest absolute Gasteiger partial charge is 0.357 e. The van der Waals surface area contributed by atoms with Gasteiger partial charge in [0.25, 0.3) is 5.22 Å². The van der Waals surface area contributed by atoms with E-state index in [1.54, 1.807) is 24.3 Å². The molecule has 0 saturated heterocycles. The molecule has 0 aliphatic rings. The van der Waals surface area contributed by atoms with E-state index in [4.69, 9.17) is 21.1 Å². The lowest BCUT2D eigenvalue weighted by molar-refractivity contribution is 0.0690. The Morgan fingerprint density at radius 3 is 2.62 bits per heavy atom. The molecule has 1 N–H and O–H groups in total. The summed E-state index contributed by atoms with van der Waals surface area (Å²) < 4.78 is 5.00. The molecule has 0 atom stereocenters. The molecule has 1 heterocycles. The zero-order chi connectivity index (χ0) is 11.5. The van der Waals surface area contributed by atoms with Crippen LogP contribution in [-0.4, -0.2) is 16.1 Å². The van der Waals surface area contributed by atoms with Crippen molar-refractivity contribution in [2.24, 2.45) is 0 Å². The topological polar surface area (TPSA) is 63.3 Å². The molecule has 4 nitrogen and oxygen atoms in total. The molecule has 6 heteroatoms. The average Bonchev–Trinajstić information content (AvgIpc) is 2.70. The summed E-state index contributed by atoms with van der Waals surface area (Å²) in [5.41, 5.74) is -0.100. The minimum absolute atomic E-state index is 0.100. The van der Waals surface area contributed by atoms with Crippen molar-refractivity contribution >= 4 is 29.3 Å². The van der Waals surface area contributed by atoms with E-state index in [1.807, 2.05) is 0 Å². The molecule has 1 aromatic heterocycles. The van der Waals surface area contributed by atoms with E-state index < -0.39 is 5.97 Å². The van der Waals surface area contributed by atoms with Crippen LogP contribution in [0.15, 0.2) is 45.1 Å². The summed E-state index contributed by atoms with van der Waals surface area (Å²) in [4.78, 5) is 15.2. The third kappa shape index (κ3) is 2.56. The number of benzene rings is 1. The zero-order valence-electron chi connectivity index (χ0n) is 7.88. The van der Waals surface area contributed by atoms with Crippen molar-refractivity contribution in [3.05, 3.63) is 41.2 Å². The van der Waals surface area contributed by atoms with Gasteiger partial charge < -0.3 is 9.52 Å². The Morgan fingerprint density at radius 1 is 1.38 bits per heavy atom. The van der Waals surface area contributed by atoms with E-state index in [-0.39, 0.29) is 5.69 Å². The first-order valence-corrected chi connectivity index (χ1v) is 5.47. The van der Waals surface area contributed by atoms with E-state index in [1.165, 1.54) is 11.8 Å². The van der Waals surface area contributed by atoms with Crippen LogP contribution in [0.25, 0.3) is 0 Å². The van der Waals surface area contributed by atoms with Gasteiger partial charge in [-0.05, 0) is 36.0 Å². The molecule has 0 saturated carbocycles. The number of carboxylic acids is 1. The standard InChI is InChI=1S/C10H6ClNO3S/c11-6-1-3-7(4-2-6)16-10-12-8(5-15-10)9(13)14/h1-5H,(H,13,14). The third-order valence-electron chi connectivity index (χ3n) is 1.72. The highest BCUT2D eigenvalue weighted by Gasteiger charge is 2.11. The maximum Gasteiger partial charge on any atom is 0.357 e. The molecule has 2 rings (SSSR count). The molecular weight excluding hydrogens is 250 g/mol. The van der Waals surface area contributed by atoms with E-state index in [9.17, 15) is 4.79 Å². The summed E-state index contributed by atoms with van der Waals surface area (Å²) >= 11 is 6.97. The molecule has 0 aliphatic carbocycles. The largest absolute Gasteiger partial charge is 0.476 e. The average molecular weight is 256 g/mol. The molecule has 0 aliphatic heterocycles. The van der Waals surface area contributed by atoms with Gasteiger partial charge in [0.05, 0.1) is 0 Å². The SMILES string of the molecule is O=C(O)c1coc(Sc2ccc(Cl)cc2)n1. The maximum absolute atomic E-state index is 10.6. The highest BCUT2D eigenvalue weighted by molar-refractivity contribution is 7.99. The fourth-order valence-corrected chi connectivity index (χ4v) is 1.85. The second kappa shape index (κ2) is 4.59. The van der Waals surface area contributed by atoms with Crippen molar-refractivity contribution in [2.45, 2.75) is 10.1 Å². The number of halogens is 1. The highest BCUT2D eigenvalue weighted by atomic mass is 35.5. The lowest BCUT2D eigenvalue weighted by atomic mass is 10.4. The van der Waals surface area contributed by atoms with Crippen LogP contribution in [0.2, 0.25) is 5.02 Å². The highest BCUT2D eigenvalue weighted by Crippen LogP contribution is 2.27. The molecular formula is C10H6ClNO3S. The normalized spacial score (nSPS) is 10.3. The molecule has 0 fully saturated rings. The first-order valence-electron chi connectivity index (χ1n) is 4.27. The number of hydrogen-bond donors (Lipinski definition) is 1. The Hall–Kier alpha value is -1.46. The Bertz CT molecular complexity index is 509. The van der Waals surface area contributed by atoms with Gasteiger partial charge in [0, 0.05) is 9.92 Å². The monoisotopic (exact) mass is 255 g/mol. The Kier molecular flexibility index (Phi) is 3.17. The van der Waals surface area contributed by atoms with Crippen LogP contribution in [0.5, 0.6) is 0 Å². The Balaban J connectivity index is 2.14. The number of hydrogen-bond acceptors (Lipinski definition) is 4. The Morgan fingerprint density at radius 2 is 2.06 bits per heavy atom. The number of carboxylic acid groups (broad SMARTS) is 1. The van der Waals surface area contributed by atoms with Crippen molar-refractivity contribution in [1.82, 2.24) is 4.98 Å².